The molecular formula is C21H25NO4. The number of para-hydroxylation sites is 1. The number of carbonyl (C=O) groups is 1. The maximum Gasteiger partial charge on any atom is 0.170 e. The van der Waals surface area contributed by atoms with Gasteiger partial charge in [0.15, 0.2) is 5.78 Å². The maximum absolute atomic E-state index is 12.6. The van der Waals surface area contributed by atoms with Crippen LogP contribution in [0.15, 0.2) is 40.8 Å². The van der Waals surface area contributed by atoms with E-state index in [1.165, 1.54) is 0 Å². The number of furan rings is 1. The summed E-state index contributed by atoms with van der Waals surface area (Å²) in [5.41, 5.74) is 0.734. The lowest BCUT2D eigenvalue weighted by Crippen LogP contribution is -2.44. The number of fused-ring (bicyclic) bond motifs is 1. The lowest BCUT2D eigenvalue weighted by molar-refractivity contribution is 0.0441. The monoisotopic (exact) mass is 355 g/mol. The van der Waals surface area contributed by atoms with Crippen molar-refractivity contribution in [3.63, 3.8) is 0 Å². The molecule has 2 aliphatic rings. The maximum atomic E-state index is 12.6. The minimum Gasteiger partial charge on any atom is -0.488 e. The Morgan fingerprint density at radius 3 is 2.85 bits per heavy atom. The second-order valence-electron chi connectivity index (χ2n) is 7.35. The van der Waals surface area contributed by atoms with Crippen molar-refractivity contribution < 1.29 is 19.1 Å². The Labute approximate surface area is 153 Å². The molecule has 0 spiro atoms. The molecule has 1 fully saturated rings. The van der Waals surface area contributed by atoms with Gasteiger partial charge in [-0.15, -0.1) is 0 Å². The van der Waals surface area contributed by atoms with Gasteiger partial charge >= 0.3 is 0 Å². The summed E-state index contributed by atoms with van der Waals surface area (Å²) in [6.07, 6.45) is 2.46. The summed E-state index contributed by atoms with van der Waals surface area (Å²) in [5, 5.41) is 14.0. The molecule has 1 saturated carbocycles. The summed E-state index contributed by atoms with van der Waals surface area (Å²) >= 11 is 0. The number of aliphatic hydroxyl groups excluding tert-OH is 1. The molecule has 4 rings (SSSR count). The predicted molar refractivity (Wildman–Crippen MR) is 97.5 cm³/mol. The fraction of sp³-hybridized carbons (Fsp3) is 0.476. The van der Waals surface area contributed by atoms with Gasteiger partial charge in [0.2, 0.25) is 0 Å². The van der Waals surface area contributed by atoms with Gasteiger partial charge in [0.05, 0.1) is 5.56 Å². The van der Waals surface area contributed by atoms with Crippen LogP contribution in [0.5, 0.6) is 5.75 Å². The van der Waals surface area contributed by atoms with E-state index in [0.29, 0.717) is 6.54 Å². The van der Waals surface area contributed by atoms with Crippen molar-refractivity contribution in [2.45, 2.75) is 50.9 Å². The molecule has 5 heteroatoms. The highest BCUT2D eigenvalue weighted by molar-refractivity contribution is 6.00. The van der Waals surface area contributed by atoms with Gasteiger partial charge in [-0.05, 0) is 44.4 Å². The molecule has 1 unspecified atom stereocenters. The molecule has 1 heterocycles. The average molecular weight is 355 g/mol. The van der Waals surface area contributed by atoms with E-state index < -0.39 is 6.10 Å². The molecule has 2 aromatic rings. The molecule has 0 saturated heterocycles. The van der Waals surface area contributed by atoms with Crippen molar-refractivity contribution >= 4 is 5.78 Å². The first-order chi connectivity index (χ1) is 12.6. The van der Waals surface area contributed by atoms with Crippen LogP contribution in [-0.2, 0) is 6.42 Å². The predicted octanol–water partition coefficient (Wildman–Crippen LogP) is 2.89. The van der Waals surface area contributed by atoms with E-state index >= 15 is 0 Å². The number of hydrogen-bond acceptors (Lipinski definition) is 5. The van der Waals surface area contributed by atoms with E-state index in [9.17, 15) is 9.90 Å². The molecule has 2 aliphatic carbocycles. The fourth-order valence-corrected chi connectivity index (χ4v) is 4.07. The summed E-state index contributed by atoms with van der Waals surface area (Å²) in [4.78, 5) is 12.6. The highest BCUT2D eigenvalue weighted by Crippen LogP contribution is 2.29. The Morgan fingerprint density at radius 1 is 1.23 bits per heavy atom. The van der Waals surface area contributed by atoms with E-state index in [0.717, 1.165) is 48.5 Å². The van der Waals surface area contributed by atoms with Gasteiger partial charge in [-0.25, -0.2) is 0 Å². The zero-order chi connectivity index (χ0) is 18.1. The van der Waals surface area contributed by atoms with Crippen LogP contribution in [0.2, 0.25) is 0 Å². The number of ketones is 1. The summed E-state index contributed by atoms with van der Waals surface area (Å²) in [7, 11) is 0. The topological polar surface area (TPSA) is 71.7 Å². The summed E-state index contributed by atoms with van der Waals surface area (Å²) in [5.74, 6) is 2.49. The second-order valence-corrected chi connectivity index (χ2v) is 7.35. The van der Waals surface area contributed by atoms with Crippen LogP contribution in [0.4, 0.5) is 0 Å². The van der Waals surface area contributed by atoms with Crippen LogP contribution >= 0.6 is 0 Å². The summed E-state index contributed by atoms with van der Waals surface area (Å²) in [6.45, 7) is 2.46. The van der Waals surface area contributed by atoms with E-state index in [4.69, 9.17) is 9.15 Å². The van der Waals surface area contributed by atoms with Gasteiger partial charge in [0.25, 0.3) is 0 Å². The minimum absolute atomic E-state index is 0.0380. The van der Waals surface area contributed by atoms with Crippen molar-refractivity contribution in [3.05, 3.63) is 53.5 Å². The van der Waals surface area contributed by atoms with Gasteiger partial charge in [0.1, 0.15) is 29.5 Å². The molecule has 0 bridgehead atoms. The van der Waals surface area contributed by atoms with Crippen LogP contribution in [0.1, 0.15) is 41.1 Å². The molecular weight excluding hydrogens is 330 g/mol. The van der Waals surface area contributed by atoms with E-state index in [-0.39, 0.29) is 23.8 Å². The number of hydrogen-bond donors (Lipinski definition) is 2. The number of Topliss-reactive ketones (excluding diaryl/α,β-unsaturated/α-hetero) is 1. The van der Waals surface area contributed by atoms with E-state index in [1.807, 2.05) is 43.3 Å². The third-order valence-electron chi connectivity index (χ3n) is 5.50. The Hall–Kier alpha value is -2.11. The number of aryl methyl sites for hydroxylation is 2. The molecule has 1 aromatic carbocycles. The van der Waals surface area contributed by atoms with Crippen molar-refractivity contribution in [1.82, 2.24) is 5.32 Å². The Morgan fingerprint density at radius 2 is 2.04 bits per heavy atom. The number of carbonyl (C=O) groups excluding carboxylic acids is 1. The van der Waals surface area contributed by atoms with E-state index in [2.05, 4.69) is 5.32 Å². The normalized spacial score (nSPS) is 28.2. The second kappa shape index (κ2) is 7.25. The number of aliphatic hydroxyl groups is 1. The van der Waals surface area contributed by atoms with Crippen LogP contribution in [-0.4, -0.2) is 35.7 Å². The molecule has 2 N–H and O–H groups in total. The number of ether oxygens (including phenoxy) is 1. The first-order valence-electron chi connectivity index (χ1n) is 9.38. The smallest absolute Gasteiger partial charge is 0.170 e. The molecule has 26 heavy (non-hydrogen) atoms. The third kappa shape index (κ3) is 3.41. The largest absolute Gasteiger partial charge is 0.488 e. The number of rotatable bonds is 5. The number of nitrogens with one attached hydrogen (secondary N) is 1. The Bertz CT molecular complexity index is 770. The molecule has 0 amide bonds. The SMILES string of the molecule is Cc1cc2c(o1)CCC(CN[C@@H]1CC[C@@H](Oc3ccccc3)[C@H]1O)C2=O. The first-order valence-corrected chi connectivity index (χ1v) is 9.38. The zero-order valence-corrected chi connectivity index (χ0v) is 15.0. The van der Waals surface area contributed by atoms with E-state index in [1.54, 1.807) is 0 Å². The van der Waals surface area contributed by atoms with Crippen LogP contribution < -0.4 is 10.1 Å². The molecule has 0 aliphatic heterocycles. The lowest BCUT2D eigenvalue weighted by atomic mass is 9.86. The fourth-order valence-electron chi connectivity index (χ4n) is 4.07. The van der Waals surface area contributed by atoms with Crippen molar-refractivity contribution in [2.24, 2.45) is 5.92 Å². The van der Waals surface area contributed by atoms with Gasteiger partial charge in [-0.3, -0.25) is 4.79 Å². The lowest BCUT2D eigenvalue weighted by Gasteiger charge is -2.25. The molecule has 138 valence electrons. The van der Waals surface area contributed by atoms with Gasteiger partial charge in [-0.2, -0.15) is 0 Å². The van der Waals surface area contributed by atoms with Crippen molar-refractivity contribution in [3.8, 4) is 5.75 Å². The van der Waals surface area contributed by atoms with Gasteiger partial charge in [-0.1, -0.05) is 18.2 Å². The van der Waals surface area contributed by atoms with Gasteiger partial charge in [0, 0.05) is 24.9 Å². The minimum atomic E-state index is -0.569. The quantitative estimate of drug-likeness (QED) is 0.863. The highest BCUT2D eigenvalue weighted by Gasteiger charge is 2.37. The Kier molecular flexibility index (Phi) is 4.83. The molecule has 4 atom stereocenters. The third-order valence-corrected chi connectivity index (χ3v) is 5.50. The van der Waals surface area contributed by atoms with Crippen LogP contribution in [0.3, 0.4) is 0 Å². The van der Waals surface area contributed by atoms with Crippen LogP contribution in [0, 0.1) is 12.8 Å². The Balaban J connectivity index is 1.32. The number of benzene rings is 1. The van der Waals surface area contributed by atoms with Crippen molar-refractivity contribution in [1.29, 1.82) is 0 Å². The summed E-state index contributed by atoms with van der Waals surface area (Å²) in [6, 6.07) is 11.4. The zero-order valence-electron chi connectivity index (χ0n) is 15.0. The average Bonchev–Trinajstić information content (AvgIpc) is 3.19. The molecule has 5 nitrogen and oxygen atoms in total. The van der Waals surface area contributed by atoms with Crippen LogP contribution in [0.25, 0.3) is 0 Å². The van der Waals surface area contributed by atoms with Gasteiger partial charge < -0.3 is 19.6 Å². The summed E-state index contributed by atoms with van der Waals surface area (Å²) < 4.78 is 11.5. The highest BCUT2D eigenvalue weighted by atomic mass is 16.5. The standard InChI is InChI=1S/C21H25NO4/c1-13-11-16-18(25-13)9-7-14(20(16)23)12-22-17-8-10-19(21(17)24)26-15-5-3-2-4-6-15/h2-6,11,14,17,19,21-22,24H,7-10,12H2,1H3/t14?,17-,19-,21+/m1/s1. The first kappa shape index (κ1) is 17.3. The molecule has 0 radical (unpaired) electrons. The van der Waals surface area contributed by atoms with Crippen molar-refractivity contribution in [2.75, 3.05) is 6.54 Å². The molecule has 1 aromatic heterocycles.